The molecule has 1 fully saturated rings. The fourth-order valence-electron chi connectivity index (χ4n) is 3.82. The van der Waals surface area contributed by atoms with Gasteiger partial charge in [0.1, 0.15) is 11.6 Å². The number of nitrogens with zero attached hydrogens (tertiary/aromatic N) is 4. The third-order valence-corrected chi connectivity index (χ3v) is 5.45. The second kappa shape index (κ2) is 9.97. The van der Waals surface area contributed by atoms with E-state index in [2.05, 4.69) is 14.7 Å². The summed E-state index contributed by atoms with van der Waals surface area (Å²) in [5.41, 5.74) is 4.47. The van der Waals surface area contributed by atoms with Gasteiger partial charge in [-0.3, -0.25) is 14.2 Å². The number of unbranched alkanes of at least 4 members (excludes halogenated alkanes) is 1. The number of anilines is 1. The van der Waals surface area contributed by atoms with E-state index in [0.29, 0.717) is 24.3 Å². The number of aryl methyl sites for hydroxylation is 1. The van der Waals surface area contributed by atoms with Crippen LogP contribution in [0, 0.1) is 0 Å². The number of halogens is 5. The summed E-state index contributed by atoms with van der Waals surface area (Å²) in [5.74, 6) is -2.79. The van der Waals surface area contributed by atoms with E-state index in [0.717, 1.165) is 11.5 Å². The number of fused-ring (bicyclic) bond motifs is 1. The number of carbonyl (C=O) groups excluding carboxylic acids is 2. The van der Waals surface area contributed by atoms with E-state index in [4.69, 9.17) is 26.8 Å². The number of nitrogen functional groups attached to an aromatic ring is 1. The molecule has 0 saturated carbocycles. The molecule has 0 aliphatic carbocycles. The Balaban J connectivity index is 2.22. The van der Waals surface area contributed by atoms with Crippen LogP contribution in [-0.4, -0.2) is 61.7 Å². The molecule has 194 valence electrons. The molecule has 5 atom stereocenters. The Morgan fingerprint density at radius 1 is 1.26 bits per heavy atom. The third-order valence-electron chi connectivity index (χ3n) is 5.19. The molecule has 3 rings (SSSR count). The van der Waals surface area contributed by atoms with Gasteiger partial charge >= 0.3 is 23.8 Å². The van der Waals surface area contributed by atoms with E-state index in [-0.39, 0.29) is 28.8 Å². The maximum absolute atomic E-state index is 15.4. The van der Waals surface area contributed by atoms with Crippen LogP contribution in [0.3, 0.4) is 0 Å². The molecule has 11 nitrogen and oxygen atoms in total. The van der Waals surface area contributed by atoms with Gasteiger partial charge in [0, 0.05) is 20.4 Å². The van der Waals surface area contributed by atoms with Crippen molar-refractivity contribution in [2.45, 2.75) is 77.0 Å². The lowest BCUT2D eigenvalue weighted by atomic mass is 10.1. The van der Waals surface area contributed by atoms with Gasteiger partial charge in [0.25, 0.3) is 0 Å². The molecule has 1 aliphatic heterocycles. The lowest BCUT2D eigenvalue weighted by Crippen LogP contribution is -2.47. The fourth-order valence-corrected chi connectivity index (χ4v) is 4.09. The molecule has 2 aromatic heterocycles. The average Bonchev–Trinajstić information content (AvgIpc) is 3.17. The first-order chi connectivity index (χ1) is 16.3. The minimum atomic E-state index is -5.24. The lowest BCUT2D eigenvalue weighted by Gasteiger charge is -2.26. The third kappa shape index (κ3) is 5.19. The van der Waals surface area contributed by atoms with Crippen LogP contribution in [0.5, 0.6) is 0 Å². The summed E-state index contributed by atoms with van der Waals surface area (Å²) in [5, 5.41) is -0.233. The molecular formula is C19H22ClF4N5O6. The van der Waals surface area contributed by atoms with Crippen LogP contribution in [0.15, 0.2) is 4.79 Å². The van der Waals surface area contributed by atoms with Crippen molar-refractivity contribution in [2.24, 2.45) is 0 Å². The number of alkyl halides is 4. The maximum atomic E-state index is 15.4. The number of carbonyl (C=O) groups is 2. The minimum Gasteiger partial charge on any atom is -0.454 e. The Labute approximate surface area is 200 Å². The van der Waals surface area contributed by atoms with Crippen LogP contribution >= 0.6 is 11.6 Å². The quantitative estimate of drug-likeness (QED) is 0.326. The first kappa shape index (κ1) is 26.7. The maximum Gasteiger partial charge on any atom is 0.428 e. The zero-order valence-corrected chi connectivity index (χ0v) is 19.5. The van der Waals surface area contributed by atoms with E-state index in [1.165, 1.54) is 0 Å². The molecule has 0 amide bonds. The summed E-state index contributed by atoms with van der Waals surface area (Å²) in [6.07, 6.45) is -16.2. The molecule has 0 spiro atoms. The molecule has 0 radical (unpaired) electrons. The summed E-state index contributed by atoms with van der Waals surface area (Å²) >= 11 is 6.17. The van der Waals surface area contributed by atoms with Crippen molar-refractivity contribution < 1.29 is 41.4 Å². The predicted octanol–water partition coefficient (Wildman–Crippen LogP) is 2.29. The molecule has 0 bridgehead atoms. The van der Waals surface area contributed by atoms with E-state index in [1.54, 1.807) is 0 Å². The van der Waals surface area contributed by atoms with Crippen LogP contribution in [0.25, 0.3) is 11.2 Å². The second-order valence-electron chi connectivity index (χ2n) is 7.78. The number of rotatable bonds is 7. The number of hydrogen-bond acceptors (Lipinski definition) is 9. The van der Waals surface area contributed by atoms with Crippen molar-refractivity contribution in [1.29, 1.82) is 0 Å². The van der Waals surface area contributed by atoms with Gasteiger partial charge in [0.2, 0.25) is 12.1 Å². The molecule has 0 aromatic carbocycles. The Hall–Kier alpha value is -2.94. The molecule has 1 saturated heterocycles. The largest absolute Gasteiger partial charge is 0.454 e. The van der Waals surface area contributed by atoms with Crippen molar-refractivity contribution in [3.05, 3.63) is 15.6 Å². The van der Waals surface area contributed by atoms with Gasteiger partial charge < -0.3 is 19.9 Å². The molecule has 35 heavy (non-hydrogen) atoms. The van der Waals surface area contributed by atoms with Crippen molar-refractivity contribution in [1.82, 2.24) is 19.1 Å². The summed E-state index contributed by atoms with van der Waals surface area (Å²) < 4.78 is 72.7. The average molecular weight is 528 g/mol. The van der Waals surface area contributed by atoms with Crippen molar-refractivity contribution in [3.8, 4) is 0 Å². The van der Waals surface area contributed by atoms with E-state index >= 15 is 4.39 Å². The normalized spacial score (nSPS) is 23.4. The van der Waals surface area contributed by atoms with Gasteiger partial charge in [0.15, 0.2) is 29.3 Å². The molecule has 3 heterocycles. The van der Waals surface area contributed by atoms with Crippen LogP contribution in [0.2, 0.25) is 5.15 Å². The number of aromatic nitrogens is 4. The zero-order chi connectivity index (χ0) is 26.2. The highest BCUT2D eigenvalue weighted by atomic mass is 35.5. The fraction of sp³-hybridized carbons (Fsp3) is 0.632. The Morgan fingerprint density at radius 2 is 1.91 bits per heavy atom. The van der Waals surface area contributed by atoms with E-state index in [9.17, 15) is 27.6 Å². The number of esters is 2. The molecule has 2 N–H and O–H groups in total. The number of hydrogen-bond donors (Lipinski definition) is 1. The van der Waals surface area contributed by atoms with Gasteiger partial charge in [-0.25, -0.2) is 13.8 Å². The first-order valence-electron chi connectivity index (χ1n) is 10.4. The van der Waals surface area contributed by atoms with Crippen LogP contribution in [0.1, 0.15) is 39.8 Å². The smallest absolute Gasteiger partial charge is 0.428 e. The number of ether oxygens (including phenoxy) is 3. The topological polar surface area (TPSA) is 141 Å². The molecule has 2 aromatic rings. The SMILES string of the molecule is CCCCn1c(=O)n([C@@H]2O[C@H](C(OC(C)=O)C(F)(F)F)[C@H](F)[C@H]2OC(C)=O)c2nc(N)nc(Cl)c21. The highest BCUT2D eigenvalue weighted by molar-refractivity contribution is 6.33. The summed E-state index contributed by atoms with van der Waals surface area (Å²) in [4.78, 5) is 44.0. The second-order valence-corrected chi connectivity index (χ2v) is 8.14. The lowest BCUT2D eigenvalue weighted by molar-refractivity contribution is -0.252. The zero-order valence-electron chi connectivity index (χ0n) is 18.7. The standard InChI is InChI=1S/C19H22ClF4N5O6/c1-4-5-6-28-10-14(20)26-17(25)27-15(10)29(18(28)32)16-12(33-7(2)30)9(21)11(35-16)13(19(22,23)24)34-8(3)31/h9,11-13,16H,4-6H2,1-3H3,(H2,25,26,27)/t9-,11-,12+,13?,16+/m0/s1. The van der Waals surface area contributed by atoms with Crippen LogP contribution < -0.4 is 11.4 Å². The highest BCUT2D eigenvalue weighted by Gasteiger charge is 2.60. The van der Waals surface area contributed by atoms with Gasteiger partial charge in [-0.15, -0.1) is 0 Å². The molecule has 1 aliphatic rings. The van der Waals surface area contributed by atoms with Crippen molar-refractivity contribution in [2.75, 3.05) is 5.73 Å². The highest BCUT2D eigenvalue weighted by Crippen LogP contribution is 2.41. The van der Waals surface area contributed by atoms with E-state index < -0.39 is 54.5 Å². The minimum absolute atomic E-state index is 0.0179. The molecule has 16 heteroatoms. The van der Waals surface area contributed by atoms with Crippen molar-refractivity contribution >= 4 is 40.7 Å². The Bertz CT molecular complexity index is 1190. The predicted molar refractivity (Wildman–Crippen MR) is 112 cm³/mol. The molecular weight excluding hydrogens is 506 g/mol. The Kier molecular flexibility index (Phi) is 7.59. The van der Waals surface area contributed by atoms with Crippen molar-refractivity contribution in [3.63, 3.8) is 0 Å². The first-order valence-corrected chi connectivity index (χ1v) is 10.8. The monoisotopic (exact) mass is 527 g/mol. The van der Waals surface area contributed by atoms with E-state index in [1.807, 2.05) is 6.92 Å². The number of imidazole rings is 1. The molecule has 1 unspecified atom stereocenters. The summed E-state index contributed by atoms with van der Waals surface area (Å²) in [7, 11) is 0. The summed E-state index contributed by atoms with van der Waals surface area (Å²) in [6, 6.07) is 0. The van der Waals surface area contributed by atoms with Gasteiger partial charge in [-0.05, 0) is 6.42 Å². The van der Waals surface area contributed by atoms with Gasteiger partial charge in [-0.2, -0.15) is 23.1 Å². The van der Waals surface area contributed by atoms with Crippen LogP contribution in [-0.2, 0) is 30.3 Å². The van der Waals surface area contributed by atoms with Crippen LogP contribution in [0.4, 0.5) is 23.5 Å². The van der Waals surface area contributed by atoms with Gasteiger partial charge in [0.05, 0.1) is 0 Å². The summed E-state index contributed by atoms with van der Waals surface area (Å²) in [6.45, 7) is 3.56. The van der Waals surface area contributed by atoms with Gasteiger partial charge in [-0.1, -0.05) is 24.9 Å². The number of nitrogens with two attached hydrogens (primary N) is 1. The Morgan fingerprint density at radius 3 is 2.46 bits per heavy atom.